The van der Waals surface area contributed by atoms with Crippen LogP contribution in [0, 0.1) is 0 Å². The van der Waals surface area contributed by atoms with Crippen LogP contribution in [0.3, 0.4) is 0 Å². The predicted molar refractivity (Wildman–Crippen MR) is 71.0 cm³/mol. The van der Waals surface area contributed by atoms with Crippen LogP contribution >= 0.6 is 0 Å². The Bertz CT molecular complexity index is 322. The van der Waals surface area contributed by atoms with E-state index in [1.54, 1.807) is 12.0 Å². The Balaban J connectivity index is 2.59. The number of nitrogens with one attached hydrogen (secondary N) is 1. The molecule has 0 aliphatic carbocycles. The third-order valence-electron chi connectivity index (χ3n) is 3.65. The van der Waals surface area contributed by atoms with E-state index in [4.69, 9.17) is 4.74 Å². The Morgan fingerprint density at radius 3 is 2.79 bits per heavy atom. The fourth-order valence-electron chi connectivity index (χ4n) is 2.73. The van der Waals surface area contributed by atoms with E-state index < -0.39 is 11.5 Å². The van der Waals surface area contributed by atoms with E-state index >= 15 is 0 Å². The quantitative estimate of drug-likeness (QED) is 0.628. The number of methoxy groups -OCH3 is 1. The summed E-state index contributed by atoms with van der Waals surface area (Å²) in [5, 5.41) is 12.2. The summed E-state index contributed by atoms with van der Waals surface area (Å²) in [6, 6.07) is 0. The van der Waals surface area contributed by atoms with E-state index in [1.807, 2.05) is 6.92 Å². The van der Waals surface area contributed by atoms with Gasteiger partial charge in [0.05, 0.1) is 13.2 Å². The molecule has 0 saturated carbocycles. The van der Waals surface area contributed by atoms with Crippen molar-refractivity contribution in [3.8, 4) is 0 Å². The monoisotopic (exact) mass is 272 g/mol. The molecule has 0 aromatic heterocycles. The van der Waals surface area contributed by atoms with Crippen LogP contribution in [0.15, 0.2) is 0 Å². The maximum absolute atomic E-state index is 11.8. The molecule has 1 heterocycles. The smallest absolute Gasteiger partial charge is 0.324 e. The van der Waals surface area contributed by atoms with Crippen LogP contribution in [0.1, 0.15) is 32.6 Å². The molecule has 2 N–H and O–H groups in total. The van der Waals surface area contributed by atoms with Gasteiger partial charge >= 0.3 is 5.97 Å². The Kier molecular flexibility index (Phi) is 6.24. The highest BCUT2D eigenvalue weighted by atomic mass is 16.5. The highest BCUT2D eigenvalue weighted by molar-refractivity contribution is 5.82. The highest BCUT2D eigenvalue weighted by Crippen LogP contribution is 2.33. The van der Waals surface area contributed by atoms with Crippen molar-refractivity contribution >= 4 is 11.9 Å². The Morgan fingerprint density at radius 2 is 2.21 bits per heavy atom. The molecule has 1 aliphatic heterocycles. The first-order chi connectivity index (χ1) is 9.06. The first kappa shape index (κ1) is 15.9. The maximum Gasteiger partial charge on any atom is 0.324 e. The molecule has 1 unspecified atom stereocenters. The number of likely N-dealkylation sites (tertiary alicyclic amines) is 1. The summed E-state index contributed by atoms with van der Waals surface area (Å²) < 4.78 is 4.86. The summed E-state index contributed by atoms with van der Waals surface area (Å²) in [6.45, 7) is 3.71. The molecule has 0 spiro atoms. The Hall–Kier alpha value is -1.14. The van der Waals surface area contributed by atoms with Crippen LogP contribution in [-0.2, 0) is 14.3 Å². The first-order valence-electron chi connectivity index (χ1n) is 6.81. The van der Waals surface area contributed by atoms with Crippen molar-refractivity contribution in [2.45, 2.75) is 38.1 Å². The minimum Gasteiger partial charge on any atom is -0.480 e. The van der Waals surface area contributed by atoms with Crippen LogP contribution < -0.4 is 5.32 Å². The van der Waals surface area contributed by atoms with Gasteiger partial charge in [-0.3, -0.25) is 14.5 Å². The van der Waals surface area contributed by atoms with E-state index in [9.17, 15) is 14.7 Å². The molecule has 1 fully saturated rings. The molecule has 1 amide bonds. The summed E-state index contributed by atoms with van der Waals surface area (Å²) in [7, 11) is 1.57. The topological polar surface area (TPSA) is 78.9 Å². The van der Waals surface area contributed by atoms with Crippen LogP contribution in [-0.4, -0.2) is 60.8 Å². The van der Waals surface area contributed by atoms with E-state index in [2.05, 4.69) is 5.32 Å². The van der Waals surface area contributed by atoms with Crippen molar-refractivity contribution < 1.29 is 19.4 Å². The molecule has 0 aromatic carbocycles. The van der Waals surface area contributed by atoms with E-state index in [0.717, 1.165) is 12.8 Å². The molecule has 1 atom stereocenters. The fraction of sp³-hybridized carbons (Fsp3) is 0.846. The Morgan fingerprint density at radius 1 is 1.47 bits per heavy atom. The third-order valence-corrected chi connectivity index (χ3v) is 3.65. The molecule has 0 bridgehead atoms. The lowest BCUT2D eigenvalue weighted by Gasteiger charge is -2.34. The fourth-order valence-corrected chi connectivity index (χ4v) is 2.73. The summed E-state index contributed by atoms with van der Waals surface area (Å²) in [4.78, 5) is 25.2. The van der Waals surface area contributed by atoms with Crippen molar-refractivity contribution in [1.82, 2.24) is 10.2 Å². The SMILES string of the molecule is CCCC1(C(=O)O)CCCN1CC(=O)NCCOC. The lowest BCUT2D eigenvalue weighted by Crippen LogP contribution is -2.53. The number of carboxylic acid groups (broad SMARTS) is 1. The minimum absolute atomic E-state index is 0.138. The van der Waals surface area contributed by atoms with Gasteiger partial charge in [0, 0.05) is 13.7 Å². The van der Waals surface area contributed by atoms with Gasteiger partial charge in [-0.15, -0.1) is 0 Å². The number of carbonyl (C=O) groups excluding carboxylic acids is 1. The van der Waals surface area contributed by atoms with Gasteiger partial charge in [-0.05, 0) is 25.8 Å². The molecule has 0 aromatic rings. The van der Waals surface area contributed by atoms with Crippen LogP contribution in [0.4, 0.5) is 0 Å². The predicted octanol–water partition coefficient (Wildman–Crippen LogP) is 0.468. The number of hydrogen-bond acceptors (Lipinski definition) is 4. The van der Waals surface area contributed by atoms with Crippen molar-refractivity contribution in [3.05, 3.63) is 0 Å². The molecule has 0 radical (unpaired) electrons. The number of hydrogen-bond donors (Lipinski definition) is 2. The van der Waals surface area contributed by atoms with Crippen LogP contribution in [0.5, 0.6) is 0 Å². The number of rotatable bonds is 8. The van der Waals surface area contributed by atoms with Crippen LogP contribution in [0.2, 0.25) is 0 Å². The molecule has 110 valence electrons. The number of carbonyl (C=O) groups is 2. The molecule has 6 nitrogen and oxygen atoms in total. The standard InChI is InChI=1S/C13H24N2O4/c1-3-5-13(12(17)18)6-4-8-15(13)10-11(16)14-7-9-19-2/h3-10H2,1-2H3,(H,14,16)(H,17,18). The zero-order chi connectivity index (χ0) is 14.3. The summed E-state index contributed by atoms with van der Waals surface area (Å²) in [5.74, 6) is -0.947. The van der Waals surface area contributed by atoms with Gasteiger partial charge in [-0.1, -0.05) is 13.3 Å². The van der Waals surface area contributed by atoms with Gasteiger partial charge in [-0.25, -0.2) is 0 Å². The maximum atomic E-state index is 11.8. The van der Waals surface area contributed by atoms with Gasteiger partial charge < -0.3 is 15.2 Å². The molecule has 1 aliphatic rings. The second kappa shape index (κ2) is 7.45. The van der Waals surface area contributed by atoms with Crippen molar-refractivity contribution in [1.29, 1.82) is 0 Å². The molecule has 19 heavy (non-hydrogen) atoms. The average Bonchev–Trinajstić information content (AvgIpc) is 2.74. The van der Waals surface area contributed by atoms with Gasteiger partial charge in [0.15, 0.2) is 0 Å². The van der Waals surface area contributed by atoms with Gasteiger partial charge in [0.25, 0.3) is 0 Å². The van der Waals surface area contributed by atoms with E-state index in [-0.39, 0.29) is 12.5 Å². The zero-order valence-corrected chi connectivity index (χ0v) is 11.8. The minimum atomic E-state index is -0.854. The molecular weight excluding hydrogens is 248 g/mol. The normalized spacial score (nSPS) is 23.5. The third kappa shape index (κ3) is 3.91. The van der Waals surface area contributed by atoms with Crippen molar-refractivity contribution in [2.24, 2.45) is 0 Å². The van der Waals surface area contributed by atoms with Gasteiger partial charge in [-0.2, -0.15) is 0 Å². The first-order valence-corrected chi connectivity index (χ1v) is 6.81. The average molecular weight is 272 g/mol. The van der Waals surface area contributed by atoms with Crippen molar-refractivity contribution in [2.75, 3.05) is 33.4 Å². The van der Waals surface area contributed by atoms with Gasteiger partial charge in [0.2, 0.25) is 5.91 Å². The molecule has 1 rings (SSSR count). The number of aliphatic carboxylic acids is 1. The molecular formula is C13H24N2O4. The summed E-state index contributed by atoms with van der Waals surface area (Å²) >= 11 is 0. The highest BCUT2D eigenvalue weighted by Gasteiger charge is 2.47. The number of carboxylic acids is 1. The lowest BCUT2D eigenvalue weighted by molar-refractivity contribution is -0.151. The molecule has 1 saturated heterocycles. The second-order valence-electron chi connectivity index (χ2n) is 4.95. The van der Waals surface area contributed by atoms with Crippen molar-refractivity contribution in [3.63, 3.8) is 0 Å². The zero-order valence-electron chi connectivity index (χ0n) is 11.8. The number of ether oxygens (including phenoxy) is 1. The van der Waals surface area contributed by atoms with Crippen LogP contribution in [0.25, 0.3) is 0 Å². The lowest BCUT2D eigenvalue weighted by atomic mass is 9.90. The van der Waals surface area contributed by atoms with E-state index in [1.165, 1.54) is 0 Å². The largest absolute Gasteiger partial charge is 0.480 e. The summed E-state index contributed by atoms with van der Waals surface area (Å²) in [6.07, 6.45) is 2.85. The van der Waals surface area contributed by atoms with E-state index in [0.29, 0.717) is 32.5 Å². The number of amides is 1. The second-order valence-corrected chi connectivity index (χ2v) is 4.95. The number of nitrogens with zero attached hydrogens (tertiary/aromatic N) is 1. The van der Waals surface area contributed by atoms with Gasteiger partial charge in [0.1, 0.15) is 5.54 Å². The molecule has 6 heteroatoms. The Labute approximate surface area is 114 Å². The summed E-state index contributed by atoms with van der Waals surface area (Å²) in [5.41, 5.74) is -0.854.